The van der Waals surface area contributed by atoms with Crippen molar-refractivity contribution < 1.29 is 17.7 Å². The summed E-state index contributed by atoms with van der Waals surface area (Å²) in [5.41, 5.74) is 0.816. The van der Waals surface area contributed by atoms with E-state index in [0.29, 0.717) is 18.3 Å². The first kappa shape index (κ1) is 15.5. The maximum absolute atomic E-state index is 11.3. The van der Waals surface area contributed by atoms with Crippen molar-refractivity contribution in [2.45, 2.75) is 39.3 Å². The van der Waals surface area contributed by atoms with Gasteiger partial charge in [-0.05, 0) is 24.2 Å². The van der Waals surface area contributed by atoms with Gasteiger partial charge in [-0.3, -0.25) is 0 Å². The molecule has 2 atom stereocenters. The van der Waals surface area contributed by atoms with Gasteiger partial charge in [0.2, 0.25) is 10.0 Å². The molecule has 1 fully saturated rings. The van der Waals surface area contributed by atoms with Gasteiger partial charge in [-0.25, -0.2) is 13.1 Å². The van der Waals surface area contributed by atoms with E-state index in [1.54, 1.807) is 7.11 Å². The minimum Gasteiger partial charge on any atom is -0.377 e. The van der Waals surface area contributed by atoms with Gasteiger partial charge in [0.25, 0.3) is 0 Å². The van der Waals surface area contributed by atoms with E-state index in [4.69, 9.17) is 9.26 Å². The van der Waals surface area contributed by atoms with Gasteiger partial charge >= 0.3 is 0 Å². The first-order chi connectivity index (χ1) is 9.22. The normalized spacial score (nSPS) is 25.4. The molecule has 1 N–H and O–H groups in total. The van der Waals surface area contributed by atoms with Crippen molar-refractivity contribution in [3.05, 3.63) is 17.5 Å². The molecule has 7 heteroatoms. The minimum absolute atomic E-state index is 0.00662. The zero-order valence-corrected chi connectivity index (χ0v) is 13.2. The zero-order chi connectivity index (χ0) is 15.0. The number of nitrogens with one attached hydrogen (secondary N) is 1. The average molecular weight is 302 g/mol. The molecular weight excluding hydrogens is 280 g/mol. The van der Waals surface area contributed by atoms with Crippen LogP contribution in [-0.4, -0.2) is 33.0 Å². The van der Waals surface area contributed by atoms with Crippen molar-refractivity contribution >= 4 is 10.0 Å². The van der Waals surface area contributed by atoms with Crippen LogP contribution in [-0.2, 0) is 27.8 Å². The number of methoxy groups -OCH3 is 1. The van der Waals surface area contributed by atoms with Crippen LogP contribution in [0.4, 0.5) is 0 Å². The standard InChI is InChI=1S/C13H22N2O4S/c1-13(2)9(6-12(13)15-20(4,16)17)5-10-7-11(8-18-3)19-14-10/h7,9,12,15H,5-6,8H2,1-4H3. The van der Waals surface area contributed by atoms with Crippen molar-refractivity contribution in [3.63, 3.8) is 0 Å². The van der Waals surface area contributed by atoms with Gasteiger partial charge in [0.05, 0.1) is 11.9 Å². The van der Waals surface area contributed by atoms with E-state index >= 15 is 0 Å². The fraction of sp³-hybridized carbons (Fsp3) is 0.769. The number of rotatable bonds is 6. The number of hydrogen-bond donors (Lipinski definition) is 1. The summed E-state index contributed by atoms with van der Waals surface area (Å²) in [5, 5.41) is 4.03. The lowest BCUT2D eigenvalue weighted by molar-refractivity contribution is 0.0271. The van der Waals surface area contributed by atoms with Crippen LogP contribution in [0.3, 0.4) is 0 Å². The summed E-state index contributed by atoms with van der Waals surface area (Å²) in [5.74, 6) is 1.10. The molecule has 1 aromatic rings. The smallest absolute Gasteiger partial charge is 0.208 e. The monoisotopic (exact) mass is 302 g/mol. The molecule has 1 heterocycles. The fourth-order valence-electron chi connectivity index (χ4n) is 2.74. The van der Waals surface area contributed by atoms with Crippen LogP contribution in [0.15, 0.2) is 10.6 Å². The summed E-state index contributed by atoms with van der Waals surface area (Å²) in [6.45, 7) is 4.58. The molecule has 6 nitrogen and oxygen atoms in total. The summed E-state index contributed by atoms with van der Waals surface area (Å²) in [4.78, 5) is 0. The molecule has 0 aliphatic heterocycles. The number of nitrogens with zero attached hydrogens (tertiary/aromatic N) is 1. The molecule has 0 radical (unpaired) electrons. The minimum atomic E-state index is -3.16. The van der Waals surface area contributed by atoms with E-state index in [1.165, 1.54) is 6.26 Å². The Morgan fingerprint density at radius 3 is 2.80 bits per heavy atom. The Bertz CT molecular complexity index is 565. The van der Waals surface area contributed by atoms with E-state index in [1.807, 2.05) is 6.07 Å². The lowest BCUT2D eigenvalue weighted by atomic mass is 9.57. The summed E-state index contributed by atoms with van der Waals surface area (Å²) in [6.07, 6.45) is 2.82. The highest BCUT2D eigenvalue weighted by Gasteiger charge is 2.49. The molecule has 2 rings (SSSR count). The zero-order valence-electron chi connectivity index (χ0n) is 12.3. The molecule has 0 bridgehead atoms. The Morgan fingerprint density at radius 1 is 1.55 bits per heavy atom. The third-order valence-corrected chi connectivity index (χ3v) is 4.89. The van der Waals surface area contributed by atoms with Gasteiger partial charge in [-0.15, -0.1) is 0 Å². The molecule has 1 saturated carbocycles. The van der Waals surface area contributed by atoms with Gasteiger partial charge in [0.15, 0.2) is 5.76 Å². The van der Waals surface area contributed by atoms with Gasteiger partial charge in [-0.1, -0.05) is 19.0 Å². The van der Waals surface area contributed by atoms with Crippen molar-refractivity contribution in [2.75, 3.05) is 13.4 Å². The van der Waals surface area contributed by atoms with Crippen molar-refractivity contribution in [1.29, 1.82) is 0 Å². The molecule has 2 unspecified atom stereocenters. The second-order valence-corrected chi connectivity index (χ2v) is 7.90. The topological polar surface area (TPSA) is 81.4 Å². The summed E-state index contributed by atoms with van der Waals surface area (Å²) < 4.78 is 35.5. The van der Waals surface area contributed by atoms with Crippen LogP contribution in [0.2, 0.25) is 0 Å². The number of aromatic nitrogens is 1. The Morgan fingerprint density at radius 2 is 2.25 bits per heavy atom. The molecule has 0 amide bonds. The molecule has 0 aromatic carbocycles. The fourth-order valence-corrected chi connectivity index (χ4v) is 3.65. The van der Waals surface area contributed by atoms with Crippen LogP contribution in [0, 0.1) is 11.3 Å². The van der Waals surface area contributed by atoms with E-state index < -0.39 is 10.0 Å². The van der Waals surface area contributed by atoms with Gasteiger partial charge < -0.3 is 9.26 Å². The molecule has 1 aliphatic rings. The summed E-state index contributed by atoms with van der Waals surface area (Å²) in [7, 11) is -1.55. The Kier molecular flexibility index (Phi) is 4.22. The number of hydrogen-bond acceptors (Lipinski definition) is 5. The number of sulfonamides is 1. The average Bonchev–Trinajstić information content (AvgIpc) is 2.74. The highest BCUT2D eigenvalue weighted by molar-refractivity contribution is 7.88. The lowest BCUT2D eigenvalue weighted by Gasteiger charge is -2.52. The molecule has 0 spiro atoms. The third-order valence-electron chi connectivity index (χ3n) is 4.18. The summed E-state index contributed by atoms with van der Waals surface area (Å²) >= 11 is 0. The largest absolute Gasteiger partial charge is 0.377 e. The molecular formula is C13H22N2O4S. The highest BCUT2D eigenvalue weighted by Crippen LogP contribution is 2.47. The molecule has 1 aromatic heterocycles. The molecule has 20 heavy (non-hydrogen) atoms. The van der Waals surface area contributed by atoms with Crippen LogP contribution in [0.25, 0.3) is 0 Å². The van der Waals surface area contributed by atoms with Crippen molar-refractivity contribution in [2.24, 2.45) is 11.3 Å². The predicted molar refractivity (Wildman–Crippen MR) is 74.6 cm³/mol. The number of ether oxygens (including phenoxy) is 1. The predicted octanol–water partition coefficient (Wildman–Crippen LogP) is 1.33. The first-order valence-electron chi connectivity index (χ1n) is 6.63. The van der Waals surface area contributed by atoms with Crippen LogP contribution < -0.4 is 4.72 Å². The van der Waals surface area contributed by atoms with Gasteiger partial charge in [0, 0.05) is 19.2 Å². The van der Waals surface area contributed by atoms with Crippen molar-refractivity contribution in [1.82, 2.24) is 9.88 Å². The van der Waals surface area contributed by atoms with Crippen LogP contribution in [0.5, 0.6) is 0 Å². The van der Waals surface area contributed by atoms with Gasteiger partial charge in [0.1, 0.15) is 6.61 Å². The second-order valence-electron chi connectivity index (χ2n) is 6.12. The Balaban J connectivity index is 1.95. The highest BCUT2D eigenvalue weighted by atomic mass is 32.2. The van der Waals surface area contributed by atoms with Crippen LogP contribution in [0.1, 0.15) is 31.7 Å². The van der Waals surface area contributed by atoms with Gasteiger partial charge in [-0.2, -0.15) is 0 Å². The Hall–Kier alpha value is -0.920. The third kappa shape index (κ3) is 3.39. The quantitative estimate of drug-likeness (QED) is 0.857. The van der Waals surface area contributed by atoms with Crippen LogP contribution >= 0.6 is 0 Å². The van der Waals surface area contributed by atoms with E-state index in [-0.39, 0.29) is 11.5 Å². The maximum atomic E-state index is 11.3. The SMILES string of the molecule is COCc1cc(CC2CC(NS(C)(=O)=O)C2(C)C)no1. The van der Waals surface area contributed by atoms with E-state index in [9.17, 15) is 8.42 Å². The lowest BCUT2D eigenvalue weighted by Crippen LogP contribution is -2.58. The Labute approximate surface area is 119 Å². The first-order valence-corrected chi connectivity index (χ1v) is 8.52. The second kappa shape index (κ2) is 5.46. The van der Waals surface area contributed by atoms with E-state index in [2.05, 4.69) is 23.7 Å². The van der Waals surface area contributed by atoms with Crippen molar-refractivity contribution in [3.8, 4) is 0 Å². The summed E-state index contributed by atoms with van der Waals surface area (Å²) in [6, 6.07) is 1.89. The molecule has 114 valence electrons. The molecule has 1 aliphatic carbocycles. The van der Waals surface area contributed by atoms with E-state index in [0.717, 1.165) is 18.5 Å². The molecule has 0 saturated heterocycles. The maximum Gasteiger partial charge on any atom is 0.208 e.